The molecule has 0 spiro atoms. The molecule has 0 radical (unpaired) electrons. The molecule has 0 saturated carbocycles. The Labute approximate surface area is 67.4 Å². The first kappa shape index (κ1) is 8.46. The van der Waals surface area contributed by atoms with E-state index < -0.39 is 0 Å². The second kappa shape index (κ2) is 4.35. The lowest BCUT2D eigenvalue weighted by Gasteiger charge is -1.79. The summed E-state index contributed by atoms with van der Waals surface area (Å²) >= 11 is 20.5. The van der Waals surface area contributed by atoms with E-state index >= 15 is 0 Å². The van der Waals surface area contributed by atoms with Crippen molar-refractivity contribution in [2.75, 3.05) is 0 Å². The Balaban J connectivity index is 4.16. The van der Waals surface area contributed by atoms with Crippen LogP contribution >= 0.6 is 46.4 Å². The highest BCUT2D eigenvalue weighted by molar-refractivity contribution is 6.60. The molecule has 8 heavy (non-hydrogen) atoms. The molecule has 0 N–H and O–H groups in total. The summed E-state index contributed by atoms with van der Waals surface area (Å²) in [7, 11) is 0. The van der Waals surface area contributed by atoms with Crippen LogP contribution in [-0.2, 0) is 0 Å². The van der Waals surface area contributed by atoms with Crippen molar-refractivity contribution in [3.8, 4) is 11.3 Å². The normalized spacial score (nSPS) is 7.00. The lowest BCUT2D eigenvalue weighted by Crippen LogP contribution is -1.60. The average molecular weight is 190 g/mol. The fourth-order valence-corrected chi connectivity index (χ4v) is 0.373. The molecule has 0 aliphatic heterocycles. The topological polar surface area (TPSA) is 0 Å². The van der Waals surface area contributed by atoms with Crippen LogP contribution in [0.3, 0.4) is 0 Å². The molecule has 0 rings (SSSR count). The highest BCUT2D eigenvalue weighted by Crippen LogP contribution is 2.16. The molecule has 0 nitrogen and oxygen atoms in total. The Kier molecular flexibility index (Phi) is 4.60. The molecule has 0 saturated heterocycles. The smallest absolute Gasteiger partial charge is 0.0717 e. The third-order valence-corrected chi connectivity index (χ3v) is 1.27. The summed E-state index contributed by atoms with van der Waals surface area (Å²) in [5.74, 6) is 2.24. The van der Waals surface area contributed by atoms with Crippen LogP contribution in [0, 0.1) is 11.3 Å². The molecule has 0 amide bonds. The molecule has 0 heterocycles. The van der Waals surface area contributed by atoms with E-state index in [9.17, 15) is 0 Å². The van der Waals surface area contributed by atoms with Crippen LogP contribution in [0.15, 0.2) is 9.52 Å². The van der Waals surface area contributed by atoms with E-state index in [1.165, 1.54) is 0 Å². The van der Waals surface area contributed by atoms with E-state index in [2.05, 4.69) is 5.92 Å². The van der Waals surface area contributed by atoms with Crippen LogP contribution in [-0.4, -0.2) is 0 Å². The molecule has 44 valence electrons. The second-order valence-corrected chi connectivity index (χ2v) is 2.31. The molecule has 0 aliphatic rings. The van der Waals surface area contributed by atoms with Crippen LogP contribution in [0.2, 0.25) is 0 Å². The SMILES string of the molecule is ClC#CC(Cl)=C(Cl)Cl. The first-order chi connectivity index (χ1) is 3.68. The zero-order chi connectivity index (χ0) is 6.57. The zero-order valence-electron chi connectivity index (χ0n) is 3.51. The van der Waals surface area contributed by atoms with E-state index in [1.807, 2.05) is 5.38 Å². The Morgan fingerprint density at radius 1 is 1.12 bits per heavy atom. The molecule has 0 atom stereocenters. The van der Waals surface area contributed by atoms with Gasteiger partial charge >= 0.3 is 0 Å². The average Bonchev–Trinajstić information content (AvgIpc) is 1.67. The molecule has 0 unspecified atom stereocenters. The van der Waals surface area contributed by atoms with E-state index in [0.717, 1.165) is 0 Å². The molecule has 0 bridgehead atoms. The maximum absolute atomic E-state index is 5.27. The predicted molar refractivity (Wildman–Crippen MR) is 38.2 cm³/mol. The number of halogens is 4. The molecule has 0 aromatic rings. The third kappa shape index (κ3) is 3.46. The van der Waals surface area contributed by atoms with Crippen molar-refractivity contribution < 1.29 is 0 Å². The van der Waals surface area contributed by atoms with E-state index in [0.29, 0.717) is 0 Å². The van der Waals surface area contributed by atoms with Gasteiger partial charge in [0.1, 0.15) is 9.52 Å². The minimum absolute atomic E-state index is 0.0586. The number of hydrogen-bond donors (Lipinski definition) is 0. The Morgan fingerprint density at radius 2 is 1.62 bits per heavy atom. The van der Waals surface area contributed by atoms with Gasteiger partial charge in [0, 0.05) is 5.38 Å². The lowest BCUT2D eigenvalue weighted by molar-refractivity contribution is 2.07. The van der Waals surface area contributed by atoms with E-state index in [4.69, 9.17) is 46.4 Å². The number of hydrogen-bond acceptors (Lipinski definition) is 0. The summed E-state index contributed by atoms with van der Waals surface area (Å²) < 4.78 is -0.0696. The molecule has 0 aromatic heterocycles. The van der Waals surface area contributed by atoms with Crippen LogP contribution in [0.5, 0.6) is 0 Å². The lowest BCUT2D eigenvalue weighted by atomic mass is 10.7. The van der Waals surface area contributed by atoms with Gasteiger partial charge in [0.25, 0.3) is 0 Å². The summed E-state index contributed by atoms with van der Waals surface area (Å²) in [4.78, 5) is 0. The van der Waals surface area contributed by atoms with Gasteiger partial charge < -0.3 is 0 Å². The van der Waals surface area contributed by atoms with E-state index in [1.54, 1.807) is 0 Å². The van der Waals surface area contributed by atoms with Crippen molar-refractivity contribution in [1.29, 1.82) is 0 Å². The fourth-order valence-electron chi connectivity index (χ4n) is 0.0887. The van der Waals surface area contributed by atoms with Gasteiger partial charge in [0.2, 0.25) is 0 Å². The highest BCUT2D eigenvalue weighted by Gasteiger charge is 1.90. The second-order valence-electron chi connectivity index (χ2n) is 0.794. The van der Waals surface area contributed by atoms with Gasteiger partial charge in [-0.25, -0.2) is 0 Å². The number of rotatable bonds is 0. The molecular weight excluding hydrogens is 190 g/mol. The van der Waals surface area contributed by atoms with Gasteiger partial charge in [-0.1, -0.05) is 34.8 Å². The third-order valence-electron chi connectivity index (χ3n) is 0.323. The first-order valence-electron chi connectivity index (χ1n) is 1.51. The monoisotopic (exact) mass is 188 g/mol. The minimum atomic E-state index is -0.0696. The van der Waals surface area contributed by atoms with Crippen molar-refractivity contribution in [3.05, 3.63) is 9.52 Å². The van der Waals surface area contributed by atoms with Crippen LogP contribution in [0.1, 0.15) is 0 Å². The molecule has 0 fully saturated rings. The molecule has 4 heteroatoms. The fraction of sp³-hybridized carbons (Fsp3) is 0. The van der Waals surface area contributed by atoms with Gasteiger partial charge in [-0.15, -0.1) is 0 Å². The van der Waals surface area contributed by atoms with Crippen LogP contribution in [0.25, 0.3) is 0 Å². The predicted octanol–water partition coefficient (Wildman–Crippen LogP) is 3.07. The van der Waals surface area contributed by atoms with Gasteiger partial charge in [-0.05, 0) is 17.5 Å². The van der Waals surface area contributed by atoms with Gasteiger partial charge in [0.05, 0.1) is 0 Å². The Bertz CT molecular complexity index is 155. The molecule has 0 aromatic carbocycles. The molecular formula is C4Cl4. The van der Waals surface area contributed by atoms with Crippen LogP contribution < -0.4 is 0 Å². The maximum Gasteiger partial charge on any atom is 0.133 e. The van der Waals surface area contributed by atoms with E-state index in [-0.39, 0.29) is 9.52 Å². The summed E-state index contributed by atoms with van der Waals surface area (Å²) in [6, 6.07) is 0. The summed E-state index contributed by atoms with van der Waals surface area (Å²) in [5, 5.41) is 2.07. The van der Waals surface area contributed by atoms with Crippen molar-refractivity contribution in [3.63, 3.8) is 0 Å². The molecule has 0 aliphatic carbocycles. The quantitative estimate of drug-likeness (QED) is 0.514. The Hall–Kier alpha value is 0.460. The standard InChI is InChI=1S/C4Cl4/c5-2-1-3(6)4(7)8. The van der Waals surface area contributed by atoms with Crippen molar-refractivity contribution in [2.45, 2.75) is 0 Å². The van der Waals surface area contributed by atoms with Crippen molar-refractivity contribution >= 4 is 46.4 Å². The highest BCUT2D eigenvalue weighted by atomic mass is 35.5. The summed E-state index contributed by atoms with van der Waals surface area (Å²) in [6.07, 6.45) is 0. The van der Waals surface area contributed by atoms with Crippen LogP contribution in [0.4, 0.5) is 0 Å². The zero-order valence-corrected chi connectivity index (χ0v) is 6.54. The Morgan fingerprint density at radius 3 is 1.75 bits per heavy atom. The maximum atomic E-state index is 5.27. The number of allylic oxidation sites excluding steroid dienone is 1. The van der Waals surface area contributed by atoms with Gasteiger partial charge in [-0.2, -0.15) is 0 Å². The first-order valence-corrected chi connectivity index (χ1v) is 3.02. The summed E-state index contributed by atoms with van der Waals surface area (Å²) in [6.45, 7) is 0. The summed E-state index contributed by atoms with van der Waals surface area (Å²) in [5.41, 5.74) is 0. The minimum Gasteiger partial charge on any atom is -0.0717 e. The van der Waals surface area contributed by atoms with Crippen molar-refractivity contribution in [2.24, 2.45) is 0 Å². The van der Waals surface area contributed by atoms with Gasteiger partial charge in [-0.3, -0.25) is 0 Å². The largest absolute Gasteiger partial charge is 0.133 e. The van der Waals surface area contributed by atoms with Gasteiger partial charge in [0.15, 0.2) is 0 Å². The van der Waals surface area contributed by atoms with Crippen molar-refractivity contribution in [1.82, 2.24) is 0 Å².